The molecule has 0 radical (unpaired) electrons. The van der Waals surface area contributed by atoms with E-state index >= 15 is 0 Å². The van der Waals surface area contributed by atoms with Gasteiger partial charge in [-0.05, 0) is 18.4 Å². The van der Waals surface area contributed by atoms with E-state index in [1.807, 2.05) is 36.4 Å². The van der Waals surface area contributed by atoms with Crippen LogP contribution in [0.25, 0.3) is 0 Å². The lowest BCUT2D eigenvalue weighted by Gasteiger charge is -2.04. The molecule has 0 aliphatic heterocycles. The van der Waals surface area contributed by atoms with Gasteiger partial charge in [0.1, 0.15) is 11.6 Å². The molecule has 2 N–H and O–H groups in total. The zero-order chi connectivity index (χ0) is 14.6. The van der Waals surface area contributed by atoms with Crippen molar-refractivity contribution in [3.05, 3.63) is 47.7 Å². The SMILES string of the molecule is CCCCNC(=O)/C(C#N)=C\NCCc1ccccc1. The van der Waals surface area contributed by atoms with Crippen molar-refractivity contribution in [2.24, 2.45) is 0 Å². The Hall–Kier alpha value is -2.28. The summed E-state index contributed by atoms with van der Waals surface area (Å²) in [6, 6.07) is 12.0. The number of nitrogens with zero attached hydrogens (tertiary/aromatic N) is 1. The molecule has 0 unspecified atom stereocenters. The Morgan fingerprint density at radius 1 is 1.30 bits per heavy atom. The van der Waals surface area contributed by atoms with Crippen molar-refractivity contribution in [3.63, 3.8) is 0 Å². The van der Waals surface area contributed by atoms with Crippen LogP contribution in [-0.2, 0) is 11.2 Å². The second-order valence-corrected chi connectivity index (χ2v) is 4.47. The van der Waals surface area contributed by atoms with E-state index in [2.05, 4.69) is 17.6 Å². The zero-order valence-electron chi connectivity index (χ0n) is 11.9. The molecule has 0 bridgehead atoms. The van der Waals surface area contributed by atoms with Gasteiger partial charge in [-0.15, -0.1) is 0 Å². The van der Waals surface area contributed by atoms with Crippen LogP contribution in [0.2, 0.25) is 0 Å². The lowest BCUT2D eigenvalue weighted by atomic mass is 10.1. The van der Waals surface area contributed by atoms with Gasteiger partial charge in [0.2, 0.25) is 0 Å². The monoisotopic (exact) mass is 271 g/mol. The summed E-state index contributed by atoms with van der Waals surface area (Å²) in [5, 5.41) is 14.7. The maximum absolute atomic E-state index is 11.7. The molecule has 0 saturated heterocycles. The molecular weight excluding hydrogens is 250 g/mol. The van der Waals surface area contributed by atoms with Crippen LogP contribution in [0.5, 0.6) is 0 Å². The van der Waals surface area contributed by atoms with E-state index in [-0.39, 0.29) is 11.5 Å². The van der Waals surface area contributed by atoms with Gasteiger partial charge in [0.25, 0.3) is 5.91 Å². The van der Waals surface area contributed by atoms with Gasteiger partial charge >= 0.3 is 0 Å². The second-order valence-electron chi connectivity index (χ2n) is 4.47. The van der Waals surface area contributed by atoms with Crippen molar-refractivity contribution in [2.45, 2.75) is 26.2 Å². The average Bonchev–Trinajstić information content (AvgIpc) is 2.48. The quantitative estimate of drug-likeness (QED) is 0.432. The minimum atomic E-state index is -0.312. The topological polar surface area (TPSA) is 64.9 Å². The Morgan fingerprint density at radius 2 is 2.05 bits per heavy atom. The van der Waals surface area contributed by atoms with Crippen molar-refractivity contribution in [1.29, 1.82) is 5.26 Å². The summed E-state index contributed by atoms with van der Waals surface area (Å²) < 4.78 is 0. The maximum atomic E-state index is 11.7. The van der Waals surface area contributed by atoms with Crippen molar-refractivity contribution in [1.82, 2.24) is 10.6 Å². The molecule has 106 valence electrons. The first kappa shape index (κ1) is 15.8. The van der Waals surface area contributed by atoms with Crippen molar-refractivity contribution in [3.8, 4) is 6.07 Å². The van der Waals surface area contributed by atoms with Gasteiger partial charge in [0.05, 0.1) is 0 Å². The first-order valence-electron chi connectivity index (χ1n) is 6.93. The van der Waals surface area contributed by atoms with Crippen LogP contribution in [0.15, 0.2) is 42.1 Å². The molecule has 1 rings (SSSR count). The second kappa shape index (κ2) is 9.62. The van der Waals surface area contributed by atoms with Gasteiger partial charge < -0.3 is 10.6 Å². The van der Waals surface area contributed by atoms with Crippen molar-refractivity contribution >= 4 is 5.91 Å². The van der Waals surface area contributed by atoms with Crippen molar-refractivity contribution < 1.29 is 4.79 Å². The van der Waals surface area contributed by atoms with Gasteiger partial charge in [0.15, 0.2) is 0 Å². The molecule has 20 heavy (non-hydrogen) atoms. The molecule has 1 aromatic rings. The van der Waals surface area contributed by atoms with Crippen LogP contribution < -0.4 is 10.6 Å². The van der Waals surface area contributed by atoms with Gasteiger partial charge in [-0.25, -0.2) is 0 Å². The highest BCUT2D eigenvalue weighted by atomic mass is 16.1. The number of amides is 1. The summed E-state index contributed by atoms with van der Waals surface area (Å²) in [6.07, 6.45) is 4.28. The van der Waals surface area contributed by atoms with E-state index in [4.69, 9.17) is 5.26 Å². The van der Waals surface area contributed by atoms with E-state index in [1.54, 1.807) is 0 Å². The third-order valence-corrected chi connectivity index (χ3v) is 2.83. The number of nitriles is 1. The Morgan fingerprint density at radius 3 is 2.70 bits per heavy atom. The van der Waals surface area contributed by atoms with Gasteiger partial charge in [0, 0.05) is 19.3 Å². The molecular formula is C16H21N3O. The molecule has 0 aromatic heterocycles. The van der Waals surface area contributed by atoms with Crippen LogP contribution in [0.3, 0.4) is 0 Å². The fourth-order valence-electron chi connectivity index (χ4n) is 1.66. The van der Waals surface area contributed by atoms with Gasteiger partial charge in [-0.1, -0.05) is 43.7 Å². The molecule has 0 saturated carbocycles. The maximum Gasteiger partial charge on any atom is 0.263 e. The molecule has 4 heteroatoms. The minimum absolute atomic E-state index is 0.120. The first-order valence-corrected chi connectivity index (χ1v) is 6.93. The minimum Gasteiger partial charge on any atom is -0.389 e. The third-order valence-electron chi connectivity index (χ3n) is 2.83. The number of carbonyl (C=O) groups is 1. The molecule has 4 nitrogen and oxygen atoms in total. The number of rotatable bonds is 8. The van der Waals surface area contributed by atoms with E-state index < -0.39 is 0 Å². The fourth-order valence-corrected chi connectivity index (χ4v) is 1.66. The number of carbonyl (C=O) groups excluding carboxylic acids is 1. The summed E-state index contributed by atoms with van der Waals surface area (Å²) in [5.41, 5.74) is 1.34. The van der Waals surface area contributed by atoms with Crippen LogP contribution in [-0.4, -0.2) is 19.0 Å². The Balaban J connectivity index is 2.34. The van der Waals surface area contributed by atoms with E-state index in [9.17, 15) is 4.79 Å². The smallest absolute Gasteiger partial charge is 0.263 e. The van der Waals surface area contributed by atoms with Crippen LogP contribution >= 0.6 is 0 Å². The Kier molecular flexibility index (Phi) is 7.59. The number of unbranched alkanes of at least 4 members (excludes halogenated alkanes) is 1. The van der Waals surface area contributed by atoms with E-state index in [1.165, 1.54) is 11.8 Å². The number of benzene rings is 1. The highest BCUT2D eigenvalue weighted by Gasteiger charge is 2.06. The lowest BCUT2D eigenvalue weighted by Crippen LogP contribution is -2.26. The molecule has 0 aliphatic rings. The predicted octanol–water partition coefficient (Wildman–Crippen LogP) is 2.14. The normalized spacial score (nSPS) is 10.7. The van der Waals surface area contributed by atoms with Crippen molar-refractivity contribution in [2.75, 3.05) is 13.1 Å². The molecule has 0 aliphatic carbocycles. The number of hydrogen-bond donors (Lipinski definition) is 2. The predicted molar refractivity (Wildman–Crippen MR) is 79.8 cm³/mol. The Bertz CT molecular complexity index is 474. The highest BCUT2D eigenvalue weighted by molar-refractivity contribution is 5.97. The first-order chi connectivity index (χ1) is 9.77. The zero-order valence-corrected chi connectivity index (χ0v) is 11.9. The number of nitrogens with one attached hydrogen (secondary N) is 2. The highest BCUT2D eigenvalue weighted by Crippen LogP contribution is 1.98. The summed E-state index contributed by atoms with van der Waals surface area (Å²) in [5.74, 6) is -0.312. The number of hydrogen-bond acceptors (Lipinski definition) is 3. The van der Waals surface area contributed by atoms with Crippen LogP contribution in [0.4, 0.5) is 0 Å². The molecule has 1 amide bonds. The molecule has 0 heterocycles. The van der Waals surface area contributed by atoms with Crippen LogP contribution in [0.1, 0.15) is 25.3 Å². The third kappa shape index (κ3) is 6.05. The van der Waals surface area contributed by atoms with E-state index in [0.29, 0.717) is 13.1 Å². The van der Waals surface area contributed by atoms with Crippen LogP contribution in [0, 0.1) is 11.3 Å². The van der Waals surface area contributed by atoms with Gasteiger partial charge in [-0.3, -0.25) is 4.79 Å². The summed E-state index contributed by atoms with van der Waals surface area (Å²) >= 11 is 0. The Labute approximate surface area is 120 Å². The van der Waals surface area contributed by atoms with Gasteiger partial charge in [-0.2, -0.15) is 5.26 Å². The largest absolute Gasteiger partial charge is 0.389 e. The lowest BCUT2D eigenvalue weighted by molar-refractivity contribution is -0.117. The molecule has 0 atom stereocenters. The summed E-state index contributed by atoms with van der Waals surface area (Å²) in [4.78, 5) is 11.7. The fraction of sp³-hybridized carbons (Fsp3) is 0.375. The summed E-state index contributed by atoms with van der Waals surface area (Å²) in [6.45, 7) is 3.36. The molecule has 0 fully saturated rings. The average molecular weight is 271 g/mol. The molecule has 0 spiro atoms. The molecule has 1 aromatic carbocycles. The summed E-state index contributed by atoms with van der Waals surface area (Å²) in [7, 11) is 0. The van der Waals surface area contributed by atoms with E-state index in [0.717, 1.165) is 19.3 Å². The standard InChI is InChI=1S/C16H21N3O/c1-2-3-10-19-16(20)15(12-17)13-18-11-9-14-7-5-4-6-8-14/h4-8,13,18H,2-3,9-11H2,1H3,(H,19,20)/b15-13-.